The number of nitrogens with one attached hydrogen (secondary N) is 3. The van der Waals surface area contributed by atoms with Crippen molar-refractivity contribution in [1.82, 2.24) is 20.9 Å². The van der Waals surface area contributed by atoms with Crippen LogP contribution in [0.15, 0.2) is 115 Å². The Morgan fingerprint density at radius 1 is 0.706 bits per heavy atom. The maximum atomic E-state index is 14.1. The third-order valence-corrected chi connectivity index (χ3v) is 9.25. The molecule has 0 aromatic heterocycles. The molecule has 2 unspecified atom stereocenters. The van der Waals surface area contributed by atoms with Gasteiger partial charge < -0.3 is 26.0 Å². The Morgan fingerprint density at radius 3 is 1.92 bits per heavy atom. The Labute approximate surface area is 298 Å². The predicted molar refractivity (Wildman–Crippen MR) is 194 cm³/mol. The maximum Gasteiger partial charge on any atom is 0.404 e. The minimum absolute atomic E-state index is 0.00867. The predicted octanol–water partition coefficient (Wildman–Crippen LogP) is 5.47. The molecule has 4 N–H and O–H groups in total. The molecule has 0 saturated carbocycles. The lowest BCUT2D eigenvalue weighted by molar-refractivity contribution is -0.142. The molecule has 0 fully saturated rings. The molecule has 4 aromatic carbocycles. The van der Waals surface area contributed by atoms with E-state index in [1.54, 1.807) is 24.3 Å². The van der Waals surface area contributed by atoms with E-state index in [1.807, 2.05) is 91.0 Å². The number of hydrogen-bond acceptors (Lipinski definition) is 5. The summed E-state index contributed by atoms with van der Waals surface area (Å²) in [5.74, 6) is -1.43. The second-order valence-corrected chi connectivity index (χ2v) is 12.7. The van der Waals surface area contributed by atoms with E-state index in [2.05, 4.69) is 16.0 Å². The normalized spacial score (nSPS) is 14.2. The van der Waals surface area contributed by atoms with Gasteiger partial charge in [0.15, 0.2) is 5.78 Å². The van der Waals surface area contributed by atoms with Gasteiger partial charge in [-0.3, -0.25) is 19.2 Å². The summed E-state index contributed by atoms with van der Waals surface area (Å²) in [6, 6.07) is 34.4. The molecule has 5 rings (SSSR count). The van der Waals surface area contributed by atoms with E-state index in [4.69, 9.17) is 5.11 Å². The van der Waals surface area contributed by atoms with Crippen molar-refractivity contribution in [3.05, 3.63) is 143 Å². The summed E-state index contributed by atoms with van der Waals surface area (Å²) < 4.78 is 0. The fourth-order valence-electron chi connectivity index (χ4n) is 6.48. The van der Waals surface area contributed by atoms with Gasteiger partial charge in [0, 0.05) is 50.4 Å². The van der Waals surface area contributed by atoms with Crippen molar-refractivity contribution in [2.24, 2.45) is 0 Å². The second-order valence-electron chi connectivity index (χ2n) is 12.7. The molecular formula is C41H44N4O6. The number of carbonyl (C=O) groups excluding carboxylic acids is 4. The second kappa shape index (κ2) is 18.3. The molecule has 0 saturated heterocycles. The van der Waals surface area contributed by atoms with E-state index in [-0.39, 0.29) is 68.8 Å². The van der Waals surface area contributed by atoms with Gasteiger partial charge in [-0.05, 0) is 41.5 Å². The number of Topliss-reactive ketones (excluding diaryl/α,β-unsaturated/α-hetero) is 1. The van der Waals surface area contributed by atoms with Crippen molar-refractivity contribution < 1.29 is 29.1 Å². The number of hydrogen-bond donors (Lipinski definition) is 4. The summed E-state index contributed by atoms with van der Waals surface area (Å²) in [5, 5.41) is 17.3. The topological polar surface area (TPSA) is 145 Å². The first-order valence-electron chi connectivity index (χ1n) is 17.4. The highest BCUT2D eigenvalue weighted by Gasteiger charge is 2.36. The maximum absolute atomic E-state index is 14.1. The Balaban J connectivity index is 1.31. The molecule has 1 heterocycles. The Bertz CT molecular complexity index is 1740. The van der Waals surface area contributed by atoms with E-state index < -0.39 is 24.1 Å². The molecular weight excluding hydrogens is 644 g/mol. The van der Waals surface area contributed by atoms with Crippen molar-refractivity contribution in [2.45, 2.75) is 63.1 Å². The highest BCUT2D eigenvalue weighted by atomic mass is 16.4. The summed E-state index contributed by atoms with van der Waals surface area (Å²) in [4.78, 5) is 67.0. The van der Waals surface area contributed by atoms with Crippen LogP contribution in [-0.2, 0) is 27.3 Å². The highest BCUT2D eigenvalue weighted by Crippen LogP contribution is 2.26. The minimum atomic E-state index is -1.13. The van der Waals surface area contributed by atoms with Gasteiger partial charge in [-0.15, -0.1) is 0 Å². The molecule has 0 bridgehead atoms. The van der Waals surface area contributed by atoms with Crippen LogP contribution in [0.1, 0.15) is 70.6 Å². The molecule has 0 aliphatic carbocycles. The number of unbranched alkanes of at least 4 members (excludes halogenated alkanes) is 1. The van der Waals surface area contributed by atoms with Crippen LogP contribution in [0.25, 0.3) is 0 Å². The lowest BCUT2D eigenvalue weighted by atomic mass is 9.91. The fourth-order valence-corrected chi connectivity index (χ4v) is 6.48. The van der Waals surface area contributed by atoms with E-state index in [9.17, 15) is 24.0 Å². The number of amides is 4. The van der Waals surface area contributed by atoms with Gasteiger partial charge >= 0.3 is 6.09 Å². The quantitative estimate of drug-likeness (QED) is 0.0908. The van der Waals surface area contributed by atoms with Crippen LogP contribution >= 0.6 is 0 Å². The standard InChI is InChI=1S/C41H44N4O6/c46-37(31-18-8-3-9-19-31)23-24-38(47)45-28-33-21-11-10-20-32(33)26-36(45)40(49)44-35(22-12-13-25-42-41(50)51)39(48)43-27-34(29-14-4-1-5-15-29)30-16-6-2-7-17-30/h1-11,14-21,34-36,42H,12-13,22-28H2,(H,43,48)(H,44,49)(H,50,51). The van der Waals surface area contributed by atoms with Gasteiger partial charge in [-0.2, -0.15) is 0 Å². The van der Waals surface area contributed by atoms with Gasteiger partial charge in [-0.25, -0.2) is 4.79 Å². The number of fused-ring (bicyclic) bond motifs is 1. The summed E-state index contributed by atoms with van der Waals surface area (Å²) in [6.45, 7) is 0.710. The van der Waals surface area contributed by atoms with Crippen LogP contribution in [0.3, 0.4) is 0 Å². The van der Waals surface area contributed by atoms with Gasteiger partial charge in [0.2, 0.25) is 17.7 Å². The number of ketones is 1. The first kappa shape index (κ1) is 36.5. The van der Waals surface area contributed by atoms with Crippen LogP contribution < -0.4 is 16.0 Å². The molecule has 10 heteroatoms. The Kier molecular flexibility index (Phi) is 13.1. The summed E-state index contributed by atoms with van der Waals surface area (Å²) in [6.07, 6.45) is 0.300. The van der Waals surface area contributed by atoms with Crippen LogP contribution in [0, 0.1) is 0 Å². The lowest BCUT2D eigenvalue weighted by Gasteiger charge is -2.37. The van der Waals surface area contributed by atoms with Gasteiger partial charge in [0.05, 0.1) is 0 Å². The zero-order chi connectivity index (χ0) is 36.0. The average molecular weight is 689 g/mol. The monoisotopic (exact) mass is 688 g/mol. The molecule has 0 spiro atoms. The first-order valence-corrected chi connectivity index (χ1v) is 17.4. The molecule has 2 atom stereocenters. The Morgan fingerprint density at radius 2 is 1.29 bits per heavy atom. The number of carbonyl (C=O) groups is 5. The number of rotatable bonds is 16. The molecule has 4 aromatic rings. The van der Waals surface area contributed by atoms with Crippen molar-refractivity contribution in [2.75, 3.05) is 13.1 Å². The van der Waals surface area contributed by atoms with Crippen molar-refractivity contribution in [1.29, 1.82) is 0 Å². The number of benzene rings is 4. The van der Waals surface area contributed by atoms with Crippen molar-refractivity contribution in [3.63, 3.8) is 0 Å². The minimum Gasteiger partial charge on any atom is -0.465 e. The van der Waals surface area contributed by atoms with Gasteiger partial charge in [0.1, 0.15) is 12.1 Å². The zero-order valence-corrected chi connectivity index (χ0v) is 28.5. The molecule has 4 amide bonds. The van der Waals surface area contributed by atoms with Gasteiger partial charge in [-0.1, -0.05) is 115 Å². The van der Waals surface area contributed by atoms with Crippen LogP contribution in [0.2, 0.25) is 0 Å². The largest absolute Gasteiger partial charge is 0.465 e. The fraction of sp³-hybridized carbons (Fsp3) is 0.293. The summed E-state index contributed by atoms with van der Waals surface area (Å²) in [5.41, 5.74) is 4.46. The van der Waals surface area contributed by atoms with Crippen LogP contribution in [0.4, 0.5) is 4.79 Å². The molecule has 51 heavy (non-hydrogen) atoms. The lowest BCUT2D eigenvalue weighted by Crippen LogP contribution is -2.57. The summed E-state index contributed by atoms with van der Waals surface area (Å²) >= 11 is 0. The molecule has 0 radical (unpaired) electrons. The van der Waals surface area contributed by atoms with E-state index in [1.165, 1.54) is 4.90 Å². The Hall–Kier alpha value is -5.77. The van der Waals surface area contributed by atoms with Crippen molar-refractivity contribution in [3.8, 4) is 0 Å². The third-order valence-electron chi connectivity index (χ3n) is 9.25. The zero-order valence-electron chi connectivity index (χ0n) is 28.5. The molecule has 264 valence electrons. The molecule has 1 aliphatic rings. The van der Waals surface area contributed by atoms with Crippen molar-refractivity contribution >= 4 is 29.6 Å². The van der Waals surface area contributed by atoms with Gasteiger partial charge in [0.25, 0.3) is 0 Å². The molecule has 10 nitrogen and oxygen atoms in total. The third kappa shape index (κ3) is 10.4. The number of nitrogens with zero attached hydrogens (tertiary/aromatic N) is 1. The van der Waals surface area contributed by atoms with E-state index >= 15 is 0 Å². The highest BCUT2D eigenvalue weighted by molar-refractivity contribution is 5.98. The smallest absolute Gasteiger partial charge is 0.404 e. The van der Waals surface area contributed by atoms with E-state index in [0.29, 0.717) is 18.4 Å². The average Bonchev–Trinajstić information content (AvgIpc) is 3.16. The molecule has 1 aliphatic heterocycles. The SMILES string of the molecule is O=C(O)NCCCCC(NC(=O)C1Cc2ccccc2CN1C(=O)CCC(=O)c1ccccc1)C(=O)NCC(c1ccccc1)c1ccccc1. The number of carboxylic acid groups (broad SMARTS) is 1. The summed E-state index contributed by atoms with van der Waals surface area (Å²) in [7, 11) is 0. The van der Waals surface area contributed by atoms with Crippen LogP contribution in [-0.4, -0.2) is 64.8 Å². The van der Waals surface area contributed by atoms with Crippen LogP contribution in [0.5, 0.6) is 0 Å². The first-order chi connectivity index (χ1) is 24.8. The van der Waals surface area contributed by atoms with E-state index in [0.717, 1.165) is 22.3 Å².